The molecule has 4 rings (SSSR count). The zero-order valence-electron chi connectivity index (χ0n) is 19.1. The fourth-order valence-electron chi connectivity index (χ4n) is 3.68. The largest absolute Gasteiger partial charge is 0.453 e. The van der Waals surface area contributed by atoms with Crippen LogP contribution in [-0.2, 0) is 20.9 Å². The Morgan fingerprint density at radius 3 is 2.61 bits per heavy atom. The van der Waals surface area contributed by atoms with E-state index >= 15 is 0 Å². The number of sulfonamides is 1. The van der Waals surface area contributed by atoms with Crippen molar-refractivity contribution in [2.75, 3.05) is 50.5 Å². The standard InChI is InChI=1S/C19H22F3N7O4S3/c1-11(26-16-15-14(24-10-25-16)12(9-34-15)19(20,21)22)8-28-3-5-29(6-4-28)36(31,32)13-7-23-17(35-13)27-18(30)33-2/h7,9-11H,3-6,8H2,1-2H3,(H,23,27,30)(H,24,25,26). The molecular formula is C19H22F3N7O4S3. The minimum Gasteiger partial charge on any atom is -0.453 e. The molecule has 1 unspecified atom stereocenters. The summed E-state index contributed by atoms with van der Waals surface area (Å²) in [6.45, 7) is 3.85. The smallest absolute Gasteiger partial charge is 0.419 e. The minimum atomic E-state index is -4.49. The Morgan fingerprint density at radius 1 is 1.22 bits per heavy atom. The molecule has 0 aromatic carbocycles. The first kappa shape index (κ1) is 26.5. The van der Waals surface area contributed by atoms with Gasteiger partial charge in [0.05, 0.1) is 29.1 Å². The van der Waals surface area contributed by atoms with E-state index in [4.69, 9.17) is 0 Å². The molecule has 3 aromatic heterocycles. The SMILES string of the molecule is COC(=O)Nc1ncc(S(=O)(=O)N2CCN(CC(C)Nc3ncnc4c(C(F)(F)F)csc34)CC2)s1. The average Bonchev–Trinajstić information content (AvgIpc) is 3.47. The van der Waals surface area contributed by atoms with Gasteiger partial charge in [0.25, 0.3) is 10.0 Å². The number of thiophene rings is 1. The summed E-state index contributed by atoms with van der Waals surface area (Å²) < 4.78 is 71.7. The number of ether oxygens (including phenoxy) is 1. The minimum absolute atomic E-state index is 0.0133. The average molecular weight is 566 g/mol. The molecule has 1 fully saturated rings. The van der Waals surface area contributed by atoms with Crippen LogP contribution in [0, 0.1) is 0 Å². The summed E-state index contributed by atoms with van der Waals surface area (Å²) in [6, 6.07) is -0.170. The van der Waals surface area contributed by atoms with Crippen molar-refractivity contribution in [3.63, 3.8) is 0 Å². The second kappa shape index (κ2) is 10.4. The van der Waals surface area contributed by atoms with Crippen LogP contribution in [0.3, 0.4) is 0 Å². The molecule has 36 heavy (non-hydrogen) atoms. The maximum absolute atomic E-state index is 13.2. The third-order valence-corrected chi connectivity index (χ3v) is 9.60. The number of nitrogens with one attached hydrogen (secondary N) is 2. The normalized spacial score (nSPS) is 16.7. The molecule has 4 heterocycles. The molecule has 1 aliphatic rings. The lowest BCUT2D eigenvalue weighted by molar-refractivity contribution is -0.136. The number of anilines is 2. The second-order valence-electron chi connectivity index (χ2n) is 7.90. The highest BCUT2D eigenvalue weighted by molar-refractivity contribution is 7.91. The lowest BCUT2D eigenvalue weighted by atomic mass is 10.2. The van der Waals surface area contributed by atoms with Crippen LogP contribution < -0.4 is 10.6 Å². The summed E-state index contributed by atoms with van der Waals surface area (Å²) in [4.78, 5) is 25.2. The van der Waals surface area contributed by atoms with E-state index in [0.717, 1.165) is 34.4 Å². The second-order valence-corrected chi connectivity index (χ2v) is 12.0. The summed E-state index contributed by atoms with van der Waals surface area (Å²) >= 11 is 1.77. The first-order chi connectivity index (χ1) is 17.0. The Morgan fingerprint density at radius 2 is 1.94 bits per heavy atom. The van der Waals surface area contributed by atoms with Crippen molar-refractivity contribution >= 4 is 60.0 Å². The number of hydrogen-bond acceptors (Lipinski definition) is 11. The Labute approximate surface area is 212 Å². The van der Waals surface area contributed by atoms with E-state index in [2.05, 4.69) is 35.2 Å². The monoisotopic (exact) mass is 565 g/mol. The molecule has 2 N–H and O–H groups in total. The lowest BCUT2D eigenvalue weighted by Gasteiger charge is -2.35. The fourth-order valence-corrected chi connectivity index (χ4v) is 7.25. The quantitative estimate of drug-likeness (QED) is 0.444. The zero-order valence-corrected chi connectivity index (χ0v) is 21.5. The Bertz CT molecular complexity index is 1340. The molecule has 0 radical (unpaired) electrons. The molecule has 0 saturated carbocycles. The summed E-state index contributed by atoms with van der Waals surface area (Å²) in [7, 11) is -2.58. The van der Waals surface area contributed by atoms with E-state index in [1.54, 1.807) is 0 Å². The van der Waals surface area contributed by atoms with Crippen molar-refractivity contribution in [3.05, 3.63) is 23.5 Å². The number of fused-ring (bicyclic) bond motifs is 1. The number of carbonyl (C=O) groups excluding carboxylic acids is 1. The maximum Gasteiger partial charge on any atom is 0.419 e. The van der Waals surface area contributed by atoms with Gasteiger partial charge < -0.3 is 10.1 Å². The van der Waals surface area contributed by atoms with Gasteiger partial charge in [0, 0.05) is 44.1 Å². The highest BCUT2D eigenvalue weighted by Crippen LogP contribution is 2.39. The van der Waals surface area contributed by atoms with Crippen LogP contribution in [0.2, 0.25) is 0 Å². The topological polar surface area (TPSA) is 130 Å². The highest BCUT2D eigenvalue weighted by Gasteiger charge is 2.35. The predicted molar refractivity (Wildman–Crippen MR) is 129 cm³/mol. The number of rotatable bonds is 7. The molecule has 3 aromatic rings. The van der Waals surface area contributed by atoms with Gasteiger partial charge in [0.1, 0.15) is 12.1 Å². The van der Waals surface area contributed by atoms with Crippen LogP contribution in [0.25, 0.3) is 10.2 Å². The van der Waals surface area contributed by atoms with Crippen LogP contribution in [-0.4, -0.2) is 84.5 Å². The van der Waals surface area contributed by atoms with Crippen LogP contribution in [0.15, 0.2) is 22.1 Å². The molecule has 1 aliphatic heterocycles. The molecule has 1 amide bonds. The number of hydrogen-bond donors (Lipinski definition) is 2. The van der Waals surface area contributed by atoms with E-state index < -0.39 is 27.9 Å². The number of alkyl halides is 3. The van der Waals surface area contributed by atoms with Gasteiger partial charge >= 0.3 is 12.3 Å². The molecule has 11 nitrogen and oxygen atoms in total. The fraction of sp³-hybridized carbons (Fsp3) is 0.474. The van der Waals surface area contributed by atoms with Crippen molar-refractivity contribution in [1.29, 1.82) is 0 Å². The van der Waals surface area contributed by atoms with Gasteiger partial charge in [-0.25, -0.2) is 28.2 Å². The molecular weight excluding hydrogens is 543 g/mol. The third-order valence-electron chi connectivity index (χ3n) is 5.38. The highest BCUT2D eigenvalue weighted by atomic mass is 32.2. The Balaban J connectivity index is 1.34. The number of methoxy groups -OCH3 is 1. The van der Waals surface area contributed by atoms with Crippen molar-refractivity contribution in [1.82, 2.24) is 24.2 Å². The van der Waals surface area contributed by atoms with Crippen LogP contribution >= 0.6 is 22.7 Å². The van der Waals surface area contributed by atoms with Crippen LogP contribution in [0.4, 0.5) is 28.9 Å². The van der Waals surface area contributed by atoms with Crippen molar-refractivity contribution in [3.8, 4) is 0 Å². The van der Waals surface area contributed by atoms with Crippen molar-refractivity contribution in [2.45, 2.75) is 23.4 Å². The number of halogens is 3. The molecule has 1 saturated heterocycles. The number of carbonyl (C=O) groups is 1. The van der Waals surface area contributed by atoms with E-state index in [1.165, 1.54) is 17.6 Å². The van der Waals surface area contributed by atoms with E-state index in [1.807, 2.05) is 6.92 Å². The Kier molecular flexibility index (Phi) is 7.65. The maximum atomic E-state index is 13.2. The number of thiazole rings is 1. The molecule has 196 valence electrons. The van der Waals surface area contributed by atoms with Gasteiger partial charge in [-0.1, -0.05) is 11.3 Å². The van der Waals surface area contributed by atoms with E-state index in [0.29, 0.717) is 30.2 Å². The zero-order chi connectivity index (χ0) is 26.1. The van der Waals surface area contributed by atoms with Crippen LogP contribution in [0.1, 0.15) is 12.5 Å². The van der Waals surface area contributed by atoms with Gasteiger partial charge in [-0.3, -0.25) is 10.2 Å². The van der Waals surface area contributed by atoms with E-state index in [-0.39, 0.29) is 34.0 Å². The van der Waals surface area contributed by atoms with Gasteiger partial charge in [-0.05, 0) is 6.92 Å². The number of amides is 1. The lowest BCUT2D eigenvalue weighted by Crippen LogP contribution is -2.50. The van der Waals surface area contributed by atoms with Crippen LogP contribution in [0.5, 0.6) is 0 Å². The molecule has 0 aliphatic carbocycles. The molecule has 0 bridgehead atoms. The van der Waals surface area contributed by atoms with Gasteiger partial charge in [-0.15, -0.1) is 11.3 Å². The molecule has 17 heteroatoms. The molecule has 1 atom stereocenters. The summed E-state index contributed by atoms with van der Waals surface area (Å²) in [5, 5.41) is 6.64. The summed E-state index contributed by atoms with van der Waals surface area (Å²) in [5.74, 6) is 0.329. The number of piperazine rings is 1. The number of aromatic nitrogens is 3. The van der Waals surface area contributed by atoms with E-state index in [9.17, 15) is 26.4 Å². The number of nitrogens with zero attached hydrogens (tertiary/aromatic N) is 5. The summed E-state index contributed by atoms with van der Waals surface area (Å²) in [5.41, 5.74) is -0.920. The summed E-state index contributed by atoms with van der Waals surface area (Å²) in [6.07, 6.45) is -2.93. The predicted octanol–water partition coefficient (Wildman–Crippen LogP) is 3.15. The van der Waals surface area contributed by atoms with Gasteiger partial charge in [0.15, 0.2) is 9.34 Å². The first-order valence-electron chi connectivity index (χ1n) is 10.6. The molecule has 0 spiro atoms. The third kappa shape index (κ3) is 5.69. The van der Waals surface area contributed by atoms with Crippen molar-refractivity contribution < 1.29 is 31.1 Å². The first-order valence-corrected chi connectivity index (χ1v) is 13.7. The Hall–Kier alpha value is -2.60. The van der Waals surface area contributed by atoms with Gasteiger partial charge in [-0.2, -0.15) is 17.5 Å². The van der Waals surface area contributed by atoms with Gasteiger partial charge in [0.2, 0.25) is 0 Å². The van der Waals surface area contributed by atoms with Crippen molar-refractivity contribution in [2.24, 2.45) is 0 Å².